The molecule has 0 aliphatic heterocycles. The quantitative estimate of drug-likeness (QED) is 0.293. The van der Waals surface area contributed by atoms with E-state index < -0.39 is 33.2 Å². The molecule has 0 amide bonds. The van der Waals surface area contributed by atoms with Crippen LogP contribution in [-0.4, -0.2) is 19.9 Å². The van der Waals surface area contributed by atoms with Crippen molar-refractivity contribution >= 4 is 16.1 Å². The van der Waals surface area contributed by atoms with Crippen LogP contribution in [0.2, 0.25) is 0 Å². The molecule has 0 aliphatic carbocycles. The number of carbonyl (C=O) groups excluding carboxylic acids is 1. The Morgan fingerprint density at radius 1 is 0.964 bits per heavy atom. The van der Waals surface area contributed by atoms with Crippen molar-refractivity contribution in [3.05, 3.63) is 59.4 Å². The van der Waals surface area contributed by atoms with Gasteiger partial charge in [-0.3, -0.25) is 4.79 Å². The number of alkyl halides is 3. The smallest absolute Gasteiger partial charge is 0.489 e. The SMILES string of the molecule is CC(=O)OCc1cc(OCc2ccc(F)cc2)cc(OS(=O)(=O)C(F)(F)F)c1. The van der Waals surface area contributed by atoms with Crippen LogP contribution < -0.4 is 8.92 Å². The predicted octanol–water partition coefficient (Wildman–Crippen LogP) is 3.70. The first-order valence-corrected chi connectivity index (χ1v) is 9.02. The van der Waals surface area contributed by atoms with E-state index in [0.717, 1.165) is 19.1 Å². The normalized spacial score (nSPS) is 11.8. The lowest BCUT2D eigenvalue weighted by Gasteiger charge is -2.13. The van der Waals surface area contributed by atoms with Crippen LogP contribution in [0.1, 0.15) is 18.1 Å². The molecule has 152 valence electrons. The van der Waals surface area contributed by atoms with Crippen LogP contribution in [0.25, 0.3) is 0 Å². The first-order valence-electron chi connectivity index (χ1n) is 7.61. The van der Waals surface area contributed by atoms with Crippen molar-refractivity contribution in [3.63, 3.8) is 0 Å². The molecule has 28 heavy (non-hydrogen) atoms. The largest absolute Gasteiger partial charge is 0.534 e. The molecular weight excluding hydrogens is 408 g/mol. The first-order chi connectivity index (χ1) is 13.0. The van der Waals surface area contributed by atoms with Gasteiger partial charge in [0.15, 0.2) is 0 Å². The van der Waals surface area contributed by atoms with Crippen LogP contribution in [0.5, 0.6) is 11.5 Å². The van der Waals surface area contributed by atoms with Crippen molar-refractivity contribution < 1.29 is 44.4 Å². The zero-order valence-corrected chi connectivity index (χ0v) is 15.1. The van der Waals surface area contributed by atoms with Crippen molar-refractivity contribution in [1.29, 1.82) is 0 Å². The Hall–Kier alpha value is -2.82. The Balaban J connectivity index is 2.26. The summed E-state index contributed by atoms with van der Waals surface area (Å²) in [6, 6.07) is 8.49. The Labute approximate surface area is 157 Å². The molecule has 0 saturated heterocycles. The predicted molar refractivity (Wildman–Crippen MR) is 88.2 cm³/mol. The number of benzene rings is 2. The Morgan fingerprint density at radius 2 is 1.57 bits per heavy atom. The fourth-order valence-electron chi connectivity index (χ4n) is 1.95. The van der Waals surface area contributed by atoms with E-state index in [2.05, 4.69) is 4.18 Å². The average Bonchev–Trinajstić information content (AvgIpc) is 2.58. The van der Waals surface area contributed by atoms with E-state index in [9.17, 15) is 30.8 Å². The summed E-state index contributed by atoms with van der Waals surface area (Å²) in [7, 11) is -5.89. The van der Waals surface area contributed by atoms with E-state index >= 15 is 0 Å². The molecule has 0 saturated carbocycles. The zero-order chi connectivity index (χ0) is 20.9. The molecule has 0 heterocycles. The van der Waals surface area contributed by atoms with Gasteiger partial charge >= 0.3 is 21.6 Å². The van der Waals surface area contributed by atoms with Gasteiger partial charge < -0.3 is 13.7 Å². The molecule has 0 bridgehead atoms. The van der Waals surface area contributed by atoms with Crippen LogP contribution >= 0.6 is 0 Å². The minimum atomic E-state index is -5.89. The van der Waals surface area contributed by atoms with Crippen LogP contribution in [0.15, 0.2) is 42.5 Å². The summed E-state index contributed by atoms with van der Waals surface area (Å²) in [6.07, 6.45) is 0. The maximum atomic E-state index is 12.9. The second-order valence-corrected chi connectivity index (χ2v) is 7.03. The molecule has 0 fully saturated rings. The number of carbonyl (C=O) groups is 1. The van der Waals surface area contributed by atoms with E-state index in [-0.39, 0.29) is 24.5 Å². The number of ether oxygens (including phenoxy) is 2. The minimum absolute atomic E-state index is 0.0404. The van der Waals surface area contributed by atoms with Crippen molar-refractivity contribution in [3.8, 4) is 11.5 Å². The van der Waals surface area contributed by atoms with Gasteiger partial charge in [0.05, 0.1) is 0 Å². The summed E-state index contributed by atoms with van der Waals surface area (Å²) in [5.41, 5.74) is -4.93. The lowest BCUT2D eigenvalue weighted by molar-refractivity contribution is -0.142. The maximum Gasteiger partial charge on any atom is 0.534 e. The Kier molecular flexibility index (Phi) is 6.49. The molecule has 0 atom stereocenters. The van der Waals surface area contributed by atoms with Crippen molar-refractivity contribution in [2.45, 2.75) is 25.6 Å². The Morgan fingerprint density at radius 3 is 2.14 bits per heavy atom. The summed E-state index contributed by atoms with van der Waals surface area (Å²) in [4.78, 5) is 10.9. The van der Waals surface area contributed by atoms with E-state index in [1.54, 1.807) is 0 Å². The van der Waals surface area contributed by atoms with Crippen molar-refractivity contribution in [2.24, 2.45) is 0 Å². The number of hydrogen-bond donors (Lipinski definition) is 0. The molecule has 0 N–H and O–H groups in total. The summed E-state index contributed by atoms with van der Waals surface area (Å²) in [6.45, 7) is 0.703. The fourth-order valence-corrected chi connectivity index (χ4v) is 2.40. The summed E-state index contributed by atoms with van der Waals surface area (Å²) < 4.78 is 87.2. The highest BCUT2D eigenvalue weighted by Crippen LogP contribution is 2.30. The summed E-state index contributed by atoms with van der Waals surface area (Å²) in [5, 5.41) is 0. The zero-order valence-electron chi connectivity index (χ0n) is 14.3. The highest BCUT2D eigenvalue weighted by Gasteiger charge is 2.48. The standard InChI is InChI=1S/C17H14F4O6S/c1-11(22)25-10-13-6-15(26-9-12-2-4-14(18)5-3-12)8-16(7-13)27-28(23,24)17(19,20)21/h2-8H,9-10H2,1H3. The topological polar surface area (TPSA) is 78.9 Å². The molecule has 0 unspecified atom stereocenters. The maximum absolute atomic E-state index is 12.9. The van der Waals surface area contributed by atoms with E-state index in [4.69, 9.17) is 9.47 Å². The third-order valence-electron chi connectivity index (χ3n) is 3.19. The van der Waals surface area contributed by atoms with Gasteiger partial charge in [0.25, 0.3) is 0 Å². The lowest BCUT2D eigenvalue weighted by atomic mass is 10.2. The van der Waals surface area contributed by atoms with Crippen LogP contribution in [0.4, 0.5) is 17.6 Å². The molecule has 2 aromatic rings. The number of rotatable bonds is 7. The lowest BCUT2D eigenvalue weighted by Crippen LogP contribution is -2.28. The number of hydrogen-bond acceptors (Lipinski definition) is 6. The minimum Gasteiger partial charge on any atom is -0.489 e. The molecule has 2 rings (SSSR count). The van der Waals surface area contributed by atoms with Crippen molar-refractivity contribution in [2.75, 3.05) is 0 Å². The molecule has 0 radical (unpaired) electrons. The molecule has 0 spiro atoms. The van der Waals surface area contributed by atoms with Gasteiger partial charge in [-0.05, 0) is 35.4 Å². The average molecular weight is 422 g/mol. The van der Waals surface area contributed by atoms with Gasteiger partial charge in [-0.1, -0.05) is 12.1 Å². The van der Waals surface area contributed by atoms with E-state index in [1.165, 1.54) is 30.3 Å². The van der Waals surface area contributed by atoms with Gasteiger partial charge in [0.1, 0.15) is 30.5 Å². The third kappa shape index (κ3) is 6.12. The summed E-state index contributed by atoms with van der Waals surface area (Å²) in [5.74, 6) is -1.82. The van der Waals surface area contributed by atoms with E-state index in [0.29, 0.717) is 5.56 Å². The van der Waals surface area contributed by atoms with Crippen molar-refractivity contribution in [1.82, 2.24) is 0 Å². The van der Waals surface area contributed by atoms with Gasteiger partial charge in [0, 0.05) is 13.0 Å². The van der Waals surface area contributed by atoms with Gasteiger partial charge in [-0.25, -0.2) is 4.39 Å². The molecule has 11 heteroatoms. The Bertz CT molecular complexity index is 939. The molecular formula is C17H14F4O6S. The summed E-state index contributed by atoms with van der Waals surface area (Å²) >= 11 is 0. The first kappa shape index (κ1) is 21.5. The third-order valence-corrected chi connectivity index (χ3v) is 4.17. The van der Waals surface area contributed by atoms with Gasteiger partial charge in [-0.15, -0.1) is 0 Å². The van der Waals surface area contributed by atoms with E-state index in [1.807, 2.05) is 0 Å². The monoisotopic (exact) mass is 422 g/mol. The van der Waals surface area contributed by atoms with Crippen LogP contribution in [0, 0.1) is 5.82 Å². The van der Waals surface area contributed by atoms with Crippen LogP contribution in [-0.2, 0) is 32.9 Å². The highest BCUT2D eigenvalue weighted by atomic mass is 32.2. The van der Waals surface area contributed by atoms with Gasteiger partial charge in [0.2, 0.25) is 0 Å². The highest BCUT2D eigenvalue weighted by molar-refractivity contribution is 7.88. The fraction of sp³-hybridized carbons (Fsp3) is 0.235. The molecule has 6 nitrogen and oxygen atoms in total. The molecule has 2 aromatic carbocycles. The molecule has 0 aromatic heterocycles. The van der Waals surface area contributed by atoms with Crippen LogP contribution in [0.3, 0.4) is 0 Å². The van der Waals surface area contributed by atoms with Gasteiger partial charge in [-0.2, -0.15) is 21.6 Å². The number of halogens is 4. The second kappa shape index (κ2) is 8.46. The second-order valence-electron chi connectivity index (χ2n) is 5.49. The number of esters is 1. The molecule has 0 aliphatic rings.